The first-order valence-corrected chi connectivity index (χ1v) is 13.0. The van der Waals surface area contributed by atoms with Gasteiger partial charge in [-0.05, 0) is 79.9 Å². The van der Waals surface area contributed by atoms with Gasteiger partial charge in [0.25, 0.3) is 0 Å². The molecule has 1 aromatic rings. The molecule has 2 fully saturated rings. The Kier molecular flexibility index (Phi) is 9.91. The summed E-state index contributed by atoms with van der Waals surface area (Å²) in [6, 6.07) is 9.10. The molecule has 0 N–H and O–H groups in total. The predicted molar refractivity (Wildman–Crippen MR) is 126 cm³/mol. The van der Waals surface area contributed by atoms with Gasteiger partial charge in [-0.2, -0.15) is 0 Å². The van der Waals surface area contributed by atoms with Crippen molar-refractivity contribution in [3.63, 3.8) is 0 Å². The van der Waals surface area contributed by atoms with Crippen LogP contribution in [0.2, 0.25) is 0 Å². The van der Waals surface area contributed by atoms with Crippen LogP contribution in [-0.2, 0) is 0 Å². The summed E-state index contributed by atoms with van der Waals surface area (Å²) < 4.78 is 6.06. The molecule has 0 aromatic heterocycles. The summed E-state index contributed by atoms with van der Waals surface area (Å²) in [4.78, 5) is 0. The number of hydrogen-bond acceptors (Lipinski definition) is 1. The van der Waals surface area contributed by atoms with Gasteiger partial charge < -0.3 is 4.74 Å². The maximum absolute atomic E-state index is 6.06. The van der Waals surface area contributed by atoms with E-state index in [4.69, 9.17) is 4.74 Å². The van der Waals surface area contributed by atoms with Gasteiger partial charge in [0.15, 0.2) is 0 Å². The Hall–Kier alpha value is -0.980. The fourth-order valence-electron chi connectivity index (χ4n) is 5.89. The van der Waals surface area contributed by atoms with Crippen LogP contribution in [0.1, 0.15) is 122 Å². The first-order chi connectivity index (χ1) is 14.3. The summed E-state index contributed by atoms with van der Waals surface area (Å²) in [7, 11) is 0. The lowest BCUT2D eigenvalue weighted by atomic mass is 9.77. The molecule has 0 heterocycles. The van der Waals surface area contributed by atoms with Crippen LogP contribution in [0, 0.1) is 17.8 Å². The van der Waals surface area contributed by atoms with Crippen LogP contribution in [0.3, 0.4) is 0 Å². The molecule has 0 spiro atoms. The first-order valence-electron chi connectivity index (χ1n) is 13.0. The van der Waals surface area contributed by atoms with Crippen LogP contribution in [0.25, 0.3) is 0 Å². The molecular weight excluding hydrogens is 352 g/mol. The van der Waals surface area contributed by atoms with Crippen molar-refractivity contribution in [3.8, 4) is 5.75 Å². The highest BCUT2D eigenvalue weighted by molar-refractivity contribution is 5.29. The summed E-state index contributed by atoms with van der Waals surface area (Å²) in [6.45, 7) is 5.53. The van der Waals surface area contributed by atoms with Gasteiger partial charge in [0.2, 0.25) is 0 Å². The highest BCUT2D eigenvalue weighted by Crippen LogP contribution is 2.38. The Morgan fingerprint density at radius 2 is 1.21 bits per heavy atom. The molecule has 2 saturated carbocycles. The fourth-order valence-corrected chi connectivity index (χ4v) is 5.89. The summed E-state index contributed by atoms with van der Waals surface area (Å²) in [6.07, 6.45) is 21.1. The summed E-state index contributed by atoms with van der Waals surface area (Å²) in [5.41, 5.74) is 1.54. The first kappa shape index (κ1) is 22.7. The minimum Gasteiger partial charge on any atom is -0.494 e. The highest BCUT2D eigenvalue weighted by atomic mass is 16.5. The Morgan fingerprint density at radius 3 is 1.79 bits per heavy atom. The molecule has 29 heavy (non-hydrogen) atoms. The van der Waals surface area contributed by atoms with E-state index in [1.165, 1.54) is 102 Å². The van der Waals surface area contributed by atoms with Crippen LogP contribution in [0.15, 0.2) is 24.3 Å². The van der Waals surface area contributed by atoms with Crippen molar-refractivity contribution < 1.29 is 4.74 Å². The lowest BCUT2D eigenvalue weighted by Gasteiger charge is -2.29. The maximum atomic E-state index is 6.06. The third-order valence-electron chi connectivity index (χ3n) is 7.85. The topological polar surface area (TPSA) is 9.23 Å². The Labute approximate surface area is 181 Å². The zero-order valence-electron chi connectivity index (χ0n) is 19.3. The molecule has 0 bridgehead atoms. The van der Waals surface area contributed by atoms with E-state index in [0.717, 1.165) is 36.0 Å². The van der Waals surface area contributed by atoms with Crippen LogP contribution in [0.4, 0.5) is 0 Å². The molecule has 0 atom stereocenters. The smallest absolute Gasteiger partial charge is 0.119 e. The van der Waals surface area contributed by atoms with Gasteiger partial charge in [-0.3, -0.25) is 0 Å². The number of ether oxygens (including phenoxy) is 1. The van der Waals surface area contributed by atoms with Crippen molar-refractivity contribution in [2.24, 2.45) is 17.8 Å². The fraction of sp³-hybridized carbons (Fsp3) is 0.786. The molecule has 164 valence electrons. The number of unbranched alkanes of at least 4 members (excludes halogenated alkanes) is 1. The van der Waals surface area contributed by atoms with Crippen molar-refractivity contribution in [1.82, 2.24) is 0 Å². The van der Waals surface area contributed by atoms with E-state index in [-0.39, 0.29) is 0 Å². The molecule has 1 heteroatoms. The summed E-state index contributed by atoms with van der Waals surface area (Å²) >= 11 is 0. The number of benzene rings is 1. The van der Waals surface area contributed by atoms with Crippen LogP contribution >= 0.6 is 0 Å². The minimum atomic E-state index is 0.782. The number of rotatable bonds is 11. The zero-order valence-corrected chi connectivity index (χ0v) is 19.3. The second kappa shape index (κ2) is 12.7. The summed E-state index contributed by atoms with van der Waals surface area (Å²) in [5, 5.41) is 0. The van der Waals surface area contributed by atoms with Gasteiger partial charge in [-0.25, -0.2) is 0 Å². The average Bonchev–Trinajstić information content (AvgIpc) is 2.77. The highest BCUT2D eigenvalue weighted by Gasteiger charge is 2.22. The third-order valence-corrected chi connectivity index (χ3v) is 7.85. The Morgan fingerprint density at radius 1 is 0.655 bits per heavy atom. The molecule has 2 aliphatic rings. The van der Waals surface area contributed by atoms with Gasteiger partial charge in [0.05, 0.1) is 6.61 Å². The van der Waals surface area contributed by atoms with Gasteiger partial charge in [0, 0.05) is 0 Å². The minimum absolute atomic E-state index is 0.782. The predicted octanol–water partition coefficient (Wildman–Crippen LogP) is 8.92. The van der Waals surface area contributed by atoms with E-state index in [2.05, 4.69) is 38.1 Å². The van der Waals surface area contributed by atoms with E-state index in [0.29, 0.717) is 0 Å². The molecule has 0 unspecified atom stereocenters. The van der Waals surface area contributed by atoms with E-state index in [1.807, 2.05) is 0 Å². The van der Waals surface area contributed by atoms with Crippen molar-refractivity contribution in [2.45, 2.75) is 116 Å². The van der Waals surface area contributed by atoms with Crippen LogP contribution in [0.5, 0.6) is 5.75 Å². The monoisotopic (exact) mass is 398 g/mol. The Bertz CT molecular complexity index is 532. The van der Waals surface area contributed by atoms with Gasteiger partial charge in [-0.1, -0.05) is 83.8 Å². The second-order valence-electron chi connectivity index (χ2n) is 10.1. The molecule has 0 radical (unpaired) electrons. The van der Waals surface area contributed by atoms with Gasteiger partial charge >= 0.3 is 0 Å². The van der Waals surface area contributed by atoms with Crippen molar-refractivity contribution >= 4 is 0 Å². The molecule has 1 nitrogen and oxygen atoms in total. The molecule has 0 amide bonds. The normalized spacial score (nSPS) is 27.7. The van der Waals surface area contributed by atoms with E-state index in [9.17, 15) is 0 Å². The third kappa shape index (κ3) is 7.65. The summed E-state index contributed by atoms with van der Waals surface area (Å²) in [5.74, 6) is 4.83. The lowest BCUT2D eigenvalue weighted by molar-refractivity contribution is 0.230. The number of hydrogen-bond donors (Lipinski definition) is 0. The Balaban J connectivity index is 1.30. The average molecular weight is 399 g/mol. The molecule has 1 aromatic carbocycles. The van der Waals surface area contributed by atoms with Gasteiger partial charge in [-0.15, -0.1) is 0 Å². The molecule has 0 aliphatic heterocycles. The maximum Gasteiger partial charge on any atom is 0.119 e. The second-order valence-corrected chi connectivity index (χ2v) is 10.1. The van der Waals surface area contributed by atoms with E-state index < -0.39 is 0 Å². The van der Waals surface area contributed by atoms with Crippen LogP contribution < -0.4 is 4.74 Å². The molecule has 2 aliphatic carbocycles. The zero-order chi connectivity index (χ0) is 20.3. The van der Waals surface area contributed by atoms with Crippen LogP contribution in [-0.4, -0.2) is 6.61 Å². The SMILES string of the molecule is CCCCC1CCC(c2ccc(OCCCC3CCC(CCC)CC3)cc2)CC1. The van der Waals surface area contributed by atoms with E-state index >= 15 is 0 Å². The van der Waals surface area contributed by atoms with Crippen molar-refractivity contribution in [1.29, 1.82) is 0 Å². The molecular formula is C28H46O. The van der Waals surface area contributed by atoms with Crippen molar-refractivity contribution in [2.75, 3.05) is 6.61 Å². The largest absolute Gasteiger partial charge is 0.494 e. The molecule has 3 rings (SSSR count). The molecule has 0 saturated heterocycles. The lowest BCUT2D eigenvalue weighted by Crippen LogP contribution is -2.15. The van der Waals surface area contributed by atoms with Crippen molar-refractivity contribution in [3.05, 3.63) is 29.8 Å². The quantitative estimate of drug-likeness (QED) is 0.338. The van der Waals surface area contributed by atoms with E-state index in [1.54, 1.807) is 0 Å². The standard InChI is InChI=1S/C28H46O/c1-3-5-8-24-14-16-26(17-15-24)27-18-20-28(21-19-27)29-22-6-9-25-12-10-23(7-4-2)11-13-25/h18-21,23-26H,3-17,22H2,1-2H3. The van der Waals surface area contributed by atoms with Gasteiger partial charge in [0.1, 0.15) is 5.75 Å².